The summed E-state index contributed by atoms with van der Waals surface area (Å²) in [4.78, 5) is 12.1. The lowest BCUT2D eigenvalue weighted by Gasteiger charge is -2.17. The second-order valence-electron chi connectivity index (χ2n) is 5.22. The molecule has 0 radical (unpaired) electrons. The molecule has 0 aliphatic heterocycles. The molecule has 0 fully saturated rings. The van der Waals surface area contributed by atoms with Crippen molar-refractivity contribution in [3.63, 3.8) is 0 Å². The zero-order chi connectivity index (χ0) is 13.8. The van der Waals surface area contributed by atoms with Crippen LogP contribution in [0.4, 0.5) is 0 Å². The van der Waals surface area contributed by atoms with Gasteiger partial charge in [-0.15, -0.1) is 0 Å². The first-order valence-corrected chi connectivity index (χ1v) is 6.93. The molecular formula is C16H22N2O. The molecule has 3 nitrogen and oxygen atoms in total. The molecule has 0 heterocycles. The highest BCUT2D eigenvalue weighted by atomic mass is 16.1. The first-order valence-electron chi connectivity index (χ1n) is 6.93. The molecule has 3 heteroatoms. The van der Waals surface area contributed by atoms with Crippen molar-refractivity contribution in [1.29, 1.82) is 0 Å². The maximum Gasteiger partial charge on any atom is 0.227 e. The van der Waals surface area contributed by atoms with Crippen molar-refractivity contribution in [2.24, 2.45) is 11.7 Å². The van der Waals surface area contributed by atoms with Gasteiger partial charge in [0.1, 0.15) is 0 Å². The third kappa shape index (κ3) is 3.44. The molecule has 0 aromatic heterocycles. The van der Waals surface area contributed by atoms with Gasteiger partial charge in [0, 0.05) is 6.04 Å². The molecule has 3 unspecified atom stereocenters. The number of carbonyl (C=O) groups is 1. The minimum atomic E-state index is -0.0765. The molecule has 1 amide bonds. The Kier molecular flexibility index (Phi) is 4.38. The molecule has 1 aromatic carbocycles. The van der Waals surface area contributed by atoms with E-state index in [0.29, 0.717) is 6.42 Å². The van der Waals surface area contributed by atoms with Gasteiger partial charge in [-0.2, -0.15) is 0 Å². The Labute approximate surface area is 114 Å². The van der Waals surface area contributed by atoms with Gasteiger partial charge in [-0.05, 0) is 30.9 Å². The molecule has 0 bridgehead atoms. The van der Waals surface area contributed by atoms with Crippen molar-refractivity contribution < 1.29 is 4.79 Å². The highest BCUT2D eigenvalue weighted by molar-refractivity contribution is 5.81. The Morgan fingerprint density at radius 1 is 1.37 bits per heavy atom. The summed E-state index contributed by atoms with van der Waals surface area (Å²) < 4.78 is 0. The number of benzene rings is 1. The topological polar surface area (TPSA) is 55.1 Å². The van der Waals surface area contributed by atoms with Gasteiger partial charge in [0.2, 0.25) is 5.91 Å². The van der Waals surface area contributed by atoms with Crippen molar-refractivity contribution in [1.82, 2.24) is 5.32 Å². The van der Waals surface area contributed by atoms with Crippen LogP contribution in [0.15, 0.2) is 36.4 Å². The van der Waals surface area contributed by atoms with Crippen LogP contribution >= 0.6 is 0 Å². The number of nitrogens with two attached hydrogens (primary N) is 1. The van der Waals surface area contributed by atoms with Crippen LogP contribution in [-0.4, -0.2) is 11.9 Å². The molecule has 102 valence electrons. The van der Waals surface area contributed by atoms with Crippen molar-refractivity contribution in [3.05, 3.63) is 47.5 Å². The highest BCUT2D eigenvalue weighted by Crippen LogP contribution is 2.19. The Morgan fingerprint density at radius 2 is 2.05 bits per heavy atom. The Hall–Kier alpha value is -1.61. The van der Waals surface area contributed by atoms with E-state index in [1.807, 2.05) is 19.1 Å². The van der Waals surface area contributed by atoms with E-state index in [4.69, 9.17) is 5.73 Å². The summed E-state index contributed by atoms with van der Waals surface area (Å²) in [5, 5.41) is 3.05. The summed E-state index contributed by atoms with van der Waals surface area (Å²) in [6, 6.07) is 8.45. The third-order valence-corrected chi connectivity index (χ3v) is 3.70. The van der Waals surface area contributed by atoms with Gasteiger partial charge in [0.25, 0.3) is 0 Å². The molecule has 0 saturated carbocycles. The minimum Gasteiger partial charge on any atom is -0.349 e. The van der Waals surface area contributed by atoms with Crippen LogP contribution in [0.1, 0.15) is 37.4 Å². The van der Waals surface area contributed by atoms with Gasteiger partial charge in [-0.25, -0.2) is 0 Å². The van der Waals surface area contributed by atoms with E-state index in [0.717, 1.165) is 12.0 Å². The molecule has 3 atom stereocenters. The number of nitrogens with one attached hydrogen (secondary N) is 1. The Bertz CT molecular complexity index is 464. The maximum absolute atomic E-state index is 12.1. The molecule has 1 aliphatic rings. The summed E-state index contributed by atoms with van der Waals surface area (Å²) in [5.41, 5.74) is 8.22. The predicted octanol–water partition coefficient (Wildman–Crippen LogP) is 2.33. The SMILES string of the molecule is CCc1ccc(C(C)NC(=O)C2C=CC(N)C2)cc1. The first kappa shape index (κ1) is 13.8. The van der Waals surface area contributed by atoms with Crippen molar-refractivity contribution in [2.45, 2.75) is 38.8 Å². The quantitative estimate of drug-likeness (QED) is 0.814. The zero-order valence-electron chi connectivity index (χ0n) is 11.6. The van der Waals surface area contributed by atoms with Crippen molar-refractivity contribution >= 4 is 5.91 Å². The van der Waals surface area contributed by atoms with E-state index in [2.05, 4.69) is 36.5 Å². The second-order valence-corrected chi connectivity index (χ2v) is 5.22. The van der Waals surface area contributed by atoms with E-state index in [1.165, 1.54) is 5.56 Å². The van der Waals surface area contributed by atoms with Crippen LogP contribution in [0.25, 0.3) is 0 Å². The number of amides is 1. The molecule has 1 aromatic rings. The lowest BCUT2D eigenvalue weighted by atomic mass is 10.0. The first-order chi connectivity index (χ1) is 9.10. The average Bonchev–Trinajstić information content (AvgIpc) is 2.85. The van der Waals surface area contributed by atoms with Gasteiger partial charge in [0.15, 0.2) is 0 Å². The van der Waals surface area contributed by atoms with Gasteiger partial charge in [-0.1, -0.05) is 43.3 Å². The van der Waals surface area contributed by atoms with E-state index in [-0.39, 0.29) is 23.9 Å². The molecular weight excluding hydrogens is 236 g/mol. The summed E-state index contributed by atoms with van der Waals surface area (Å²) in [6.07, 6.45) is 5.57. The normalized spacial score (nSPS) is 23.3. The van der Waals surface area contributed by atoms with Gasteiger partial charge in [0.05, 0.1) is 12.0 Å². The summed E-state index contributed by atoms with van der Waals surface area (Å²) >= 11 is 0. The lowest BCUT2D eigenvalue weighted by Crippen LogP contribution is -2.32. The third-order valence-electron chi connectivity index (χ3n) is 3.70. The largest absolute Gasteiger partial charge is 0.349 e. The predicted molar refractivity (Wildman–Crippen MR) is 77.6 cm³/mol. The van der Waals surface area contributed by atoms with Crippen LogP contribution in [0.2, 0.25) is 0 Å². The van der Waals surface area contributed by atoms with Crippen molar-refractivity contribution in [2.75, 3.05) is 0 Å². The van der Waals surface area contributed by atoms with Gasteiger partial charge in [-0.3, -0.25) is 4.79 Å². The minimum absolute atomic E-state index is 0.0230. The molecule has 3 N–H and O–H groups in total. The van der Waals surface area contributed by atoms with Crippen LogP contribution in [0, 0.1) is 5.92 Å². The molecule has 19 heavy (non-hydrogen) atoms. The lowest BCUT2D eigenvalue weighted by molar-refractivity contribution is -0.124. The number of aryl methyl sites for hydroxylation is 1. The maximum atomic E-state index is 12.1. The van der Waals surface area contributed by atoms with Gasteiger partial charge >= 0.3 is 0 Å². The fourth-order valence-electron chi connectivity index (χ4n) is 2.37. The Balaban J connectivity index is 1.94. The fraction of sp³-hybridized carbons (Fsp3) is 0.438. The van der Waals surface area contributed by atoms with E-state index < -0.39 is 0 Å². The van der Waals surface area contributed by atoms with Crippen LogP contribution in [0.3, 0.4) is 0 Å². The zero-order valence-corrected chi connectivity index (χ0v) is 11.6. The molecule has 0 saturated heterocycles. The number of hydrogen-bond acceptors (Lipinski definition) is 2. The van der Waals surface area contributed by atoms with Crippen LogP contribution in [0.5, 0.6) is 0 Å². The van der Waals surface area contributed by atoms with Gasteiger partial charge < -0.3 is 11.1 Å². The number of rotatable bonds is 4. The number of hydrogen-bond donors (Lipinski definition) is 2. The van der Waals surface area contributed by atoms with Crippen molar-refractivity contribution in [3.8, 4) is 0 Å². The summed E-state index contributed by atoms with van der Waals surface area (Å²) in [7, 11) is 0. The smallest absolute Gasteiger partial charge is 0.227 e. The second kappa shape index (κ2) is 6.02. The van der Waals surface area contributed by atoms with E-state index in [9.17, 15) is 4.79 Å². The standard InChI is InChI=1S/C16H22N2O/c1-3-12-4-6-13(7-5-12)11(2)18-16(19)14-8-9-15(17)10-14/h4-9,11,14-15H,3,10,17H2,1-2H3,(H,18,19). The monoisotopic (exact) mass is 258 g/mol. The van der Waals surface area contributed by atoms with E-state index >= 15 is 0 Å². The molecule has 2 rings (SSSR count). The Morgan fingerprint density at radius 3 is 2.58 bits per heavy atom. The van der Waals surface area contributed by atoms with Crippen LogP contribution < -0.4 is 11.1 Å². The summed E-state index contributed by atoms with van der Waals surface area (Å²) in [5.74, 6) is -0.0105. The molecule has 1 aliphatic carbocycles. The molecule has 0 spiro atoms. The number of carbonyl (C=O) groups excluding carboxylic acids is 1. The summed E-state index contributed by atoms with van der Waals surface area (Å²) in [6.45, 7) is 4.15. The highest BCUT2D eigenvalue weighted by Gasteiger charge is 2.23. The van der Waals surface area contributed by atoms with Crippen LogP contribution in [-0.2, 0) is 11.2 Å². The van der Waals surface area contributed by atoms with E-state index in [1.54, 1.807) is 0 Å². The average molecular weight is 258 g/mol. The fourth-order valence-corrected chi connectivity index (χ4v) is 2.37.